The Bertz CT molecular complexity index is 949. The number of benzene rings is 3. The summed E-state index contributed by atoms with van der Waals surface area (Å²) in [5.41, 5.74) is 2.95. The van der Waals surface area contributed by atoms with E-state index >= 15 is 0 Å². The molecule has 0 aliphatic carbocycles. The Labute approximate surface area is 170 Å². The first-order valence-electron chi connectivity index (χ1n) is 9.55. The monoisotopic (exact) mass is 382 g/mol. The molecule has 0 amide bonds. The number of carbonyl (C=O) groups is 1. The van der Waals surface area contributed by atoms with Crippen molar-refractivity contribution in [2.24, 2.45) is 0 Å². The Balaban J connectivity index is 2.11. The first-order valence-corrected chi connectivity index (χ1v) is 9.55. The van der Waals surface area contributed by atoms with Crippen molar-refractivity contribution in [1.82, 2.24) is 9.97 Å². The molecule has 0 aliphatic rings. The van der Waals surface area contributed by atoms with Gasteiger partial charge in [-0.2, -0.15) is 0 Å². The van der Waals surface area contributed by atoms with Gasteiger partial charge in [-0.1, -0.05) is 91.0 Å². The Hall–Kier alpha value is -3.66. The van der Waals surface area contributed by atoms with E-state index in [1.54, 1.807) is 12.5 Å². The Kier molecular flexibility index (Phi) is 5.25. The van der Waals surface area contributed by atoms with Crippen molar-refractivity contribution in [3.63, 3.8) is 0 Å². The number of hydrogen-bond acceptors (Lipinski definition) is 3. The molecule has 1 unspecified atom stereocenters. The second-order valence-electron chi connectivity index (χ2n) is 6.89. The van der Waals surface area contributed by atoms with Crippen LogP contribution in [0.2, 0.25) is 0 Å². The summed E-state index contributed by atoms with van der Waals surface area (Å²) in [5, 5.41) is 0. The van der Waals surface area contributed by atoms with Crippen molar-refractivity contribution in [1.29, 1.82) is 0 Å². The second kappa shape index (κ2) is 8.15. The van der Waals surface area contributed by atoms with E-state index < -0.39 is 11.5 Å². The van der Waals surface area contributed by atoms with Crippen LogP contribution in [0.3, 0.4) is 0 Å². The number of hydrogen-bond donors (Lipinski definition) is 1. The predicted octanol–water partition coefficient (Wildman–Crippen LogP) is 5.05. The van der Waals surface area contributed by atoms with Crippen LogP contribution in [0, 0.1) is 0 Å². The number of ether oxygens (including phenoxy) is 1. The normalized spacial score (nSPS) is 12.3. The van der Waals surface area contributed by atoms with Gasteiger partial charge in [-0.05, 0) is 16.7 Å². The van der Waals surface area contributed by atoms with Crippen LogP contribution in [0.4, 0.5) is 0 Å². The molecule has 0 fully saturated rings. The van der Waals surface area contributed by atoms with E-state index in [9.17, 15) is 4.79 Å². The highest BCUT2D eigenvalue weighted by atomic mass is 16.5. The first-order chi connectivity index (χ1) is 14.2. The molecule has 1 aromatic heterocycles. The predicted molar refractivity (Wildman–Crippen MR) is 112 cm³/mol. The maximum Gasteiger partial charge on any atom is 0.303 e. The van der Waals surface area contributed by atoms with Crippen LogP contribution in [0.25, 0.3) is 0 Å². The number of rotatable bonds is 6. The van der Waals surface area contributed by atoms with Crippen molar-refractivity contribution < 1.29 is 9.53 Å². The fourth-order valence-corrected chi connectivity index (χ4v) is 4.01. The molecule has 0 saturated carbocycles. The quantitative estimate of drug-likeness (QED) is 0.375. The molecule has 1 atom stereocenters. The molecule has 1 heterocycles. The van der Waals surface area contributed by atoms with Crippen molar-refractivity contribution in [2.45, 2.75) is 18.4 Å². The largest absolute Gasteiger partial charge is 0.454 e. The van der Waals surface area contributed by atoms with Gasteiger partial charge in [-0.15, -0.1) is 0 Å². The molecular weight excluding hydrogens is 360 g/mol. The topological polar surface area (TPSA) is 55.0 Å². The molecule has 0 bridgehead atoms. The Morgan fingerprint density at radius 3 is 1.62 bits per heavy atom. The van der Waals surface area contributed by atoms with Crippen LogP contribution in [-0.2, 0) is 14.9 Å². The van der Waals surface area contributed by atoms with Gasteiger partial charge >= 0.3 is 5.97 Å². The van der Waals surface area contributed by atoms with Gasteiger partial charge in [0.2, 0.25) is 0 Å². The number of nitrogens with one attached hydrogen (secondary N) is 1. The number of H-pyrrole nitrogens is 1. The summed E-state index contributed by atoms with van der Waals surface area (Å²) in [6.45, 7) is 1.44. The third kappa shape index (κ3) is 3.45. The molecule has 144 valence electrons. The van der Waals surface area contributed by atoms with E-state index in [4.69, 9.17) is 4.74 Å². The van der Waals surface area contributed by atoms with E-state index in [1.807, 2.05) is 54.6 Å². The molecular formula is C25H22N2O2. The molecule has 4 heteroatoms. The summed E-state index contributed by atoms with van der Waals surface area (Å²) in [6, 6.07) is 30.4. The minimum atomic E-state index is -0.773. The molecule has 4 aromatic rings. The highest BCUT2D eigenvalue weighted by Gasteiger charge is 2.47. The smallest absolute Gasteiger partial charge is 0.303 e. The molecule has 1 N–H and O–H groups in total. The zero-order valence-corrected chi connectivity index (χ0v) is 16.2. The molecule has 0 aliphatic heterocycles. The van der Waals surface area contributed by atoms with Crippen LogP contribution >= 0.6 is 0 Å². The number of nitrogens with zero attached hydrogens (tertiary/aromatic N) is 1. The molecule has 4 nitrogen and oxygen atoms in total. The van der Waals surface area contributed by atoms with Crippen LogP contribution in [0.15, 0.2) is 104 Å². The first kappa shape index (κ1) is 18.7. The lowest BCUT2D eigenvalue weighted by Gasteiger charge is -2.41. The van der Waals surface area contributed by atoms with E-state index in [0.29, 0.717) is 5.69 Å². The number of imidazole rings is 1. The number of carbonyl (C=O) groups excluding carboxylic acids is 1. The van der Waals surface area contributed by atoms with Crippen LogP contribution in [0.1, 0.15) is 35.4 Å². The lowest BCUT2D eigenvalue weighted by Crippen LogP contribution is -2.39. The fourth-order valence-electron chi connectivity index (χ4n) is 4.01. The molecule has 0 radical (unpaired) electrons. The summed E-state index contributed by atoms with van der Waals surface area (Å²) in [6.07, 6.45) is 2.74. The standard InChI is InChI=1S/C25H22N2O2/c1-19(28)29-24(23-17-26-18-27-23)25(20-11-5-2-6-12-20,21-13-7-3-8-14-21)22-15-9-4-10-16-22/h2-18,24H,1H3,(H,26,27). The van der Waals surface area contributed by atoms with Crippen LogP contribution < -0.4 is 0 Å². The zero-order valence-electron chi connectivity index (χ0n) is 16.2. The van der Waals surface area contributed by atoms with Gasteiger partial charge in [0.25, 0.3) is 0 Å². The minimum absolute atomic E-state index is 0.356. The van der Waals surface area contributed by atoms with Gasteiger partial charge in [0.05, 0.1) is 11.7 Å². The van der Waals surface area contributed by atoms with Crippen LogP contribution in [-0.4, -0.2) is 15.9 Å². The molecule has 3 aromatic carbocycles. The number of aromatic nitrogens is 2. The second-order valence-corrected chi connectivity index (χ2v) is 6.89. The van der Waals surface area contributed by atoms with E-state index in [-0.39, 0.29) is 5.97 Å². The van der Waals surface area contributed by atoms with Crippen molar-refractivity contribution in [3.8, 4) is 0 Å². The SMILES string of the molecule is CC(=O)OC(c1c[nH]cn1)C(c1ccccc1)(c1ccccc1)c1ccccc1. The lowest BCUT2D eigenvalue weighted by atomic mass is 9.65. The highest BCUT2D eigenvalue weighted by Crippen LogP contribution is 2.49. The maximum absolute atomic E-state index is 12.2. The molecule has 0 saturated heterocycles. The van der Waals surface area contributed by atoms with Crippen molar-refractivity contribution in [3.05, 3.63) is 126 Å². The van der Waals surface area contributed by atoms with Gasteiger partial charge in [-0.3, -0.25) is 4.79 Å². The van der Waals surface area contributed by atoms with Gasteiger partial charge in [0, 0.05) is 13.1 Å². The van der Waals surface area contributed by atoms with E-state index in [0.717, 1.165) is 16.7 Å². The molecule has 4 rings (SSSR count). The van der Waals surface area contributed by atoms with Gasteiger partial charge < -0.3 is 9.72 Å². The maximum atomic E-state index is 12.2. The van der Waals surface area contributed by atoms with Crippen molar-refractivity contribution in [2.75, 3.05) is 0 Å². The minimum Gasteiger partial charge on any atom is -0.454 e. The summed E-state index contributed by atoms with van der Waals surface area (Å²) in [4.78, 5) is 19.7. The van der Waals surface area contributed by atoms with Gasteiger partial charge in [0.1, 0.15) is 5.69 Å². The summed E-state index contributed by atoms with van der Waals surface area (Å²) >= 11 is 0. The lowest BCUT2D eigenvalue weighted by molar-refractivity contribution is -0.149. The van der Waals surface area contributed by atoms with Crippen LogP contribution in [0.5, 0.6) is 0 Å². The summed E-state index contributed by atoms with van der Waals surface area (Å²) in [7, 11) is 0. The number of esters is 1. The Morgan fingerprint density at radius 2 is 1.28 bits per heavy atom. The van der Waals surface area contributed by atoms with E-state index in [1.165, 1.54) is 6.92 Å². The van der Waals surface area contributed by atoms with Crippen molar-refractivity contribution >= 4 is 5.97 Å². The van der Waals surface area contributed by atoms with Gasteiger partial charge in [0.15, 0.2) is 6.10 Å². The summed E-state index contributed by atoms with van der Waals surface area (Å²) in [5.74, 6) is -0.356. The molecule has 29 heavy (non-hydrogen) atoms. The number of aromatic amines is 1. The fraction of sp³-hybridized carbons (Fsp3) is 0.120. The third-order valence-electron chi connectivity index (χ3n) is 5.15. The zero-order chi connectivity index (χ0) is 20.1. The average Bonchev–Trinajstić information content (AvgIpc) is 3.30. The van der Waals surface area contributed by atoms with E-state index in [2.05, 4.69) is 46.4 Å². The average molecular weight is 382 g/mol. The summed E-state index contributed by atoms with van der Waals surface area (Å²) < 4.78 is 6.00. The Morgan fingerprint density at radius 1 is 0.828 bits per heavy atom. The molecule has 0 spiro atoms. The van der Waals surface area contributed by atoms with Gasteiger partial charge in [-0.25, -0.2) is 4.98 Å². The third-order valence-corrected chi connectivity index (χ3v) is 5.15. The highest BCUT2D eigenvalue weighted by molar-refractivity contribution is 5.67.